The lowest BCUT2D eigenvalue weighted by molar-refractivity contribution is 0.123. The summed E-state index contributed by atoms with van der Waals surface area (Å²) >= 11 is 0. The Morgan fingerprint density at radius 3 is 2.50 bits per heavy atom. The van der Waals surface area contributed by atoms with Gasteiger partial charge in [0.1, 0.15) is 0 Å². The average Bonchev–Trinajstić information content (AvgIpc) is 3.06. The van der Waals surface area contributed by atoms with E-state index in [0.29, 0.717) is 30.1 Å². The summed E-state index contributed by atoms with van der Waals surface area (Å²) in [5, 5.41) is 14.1. The van der Waals surface area contributed by atoms with E-state index in [1.807, 2.05) is 19.1 Å². The first-order chi connectivity index (χ1) is 10.8. The van der Waals surface area contributed by atoms with Gasteiger partial charge < -0.3 is 15.2 Å². The highest BCUT2D eigenvalue weighted by Crippen LogP contribution is 2.44. The number of hydrogen-bond acceptors (Lipinski definition) is 4. The first kappa shape index (κ1) is 21.4. The lowest BCUT2D eigenvalue weighted by Crippen LogP contribution is -2.46. The van der Waals surface area contributed by atoms with Gasteiger partial charge in [-0.1, -0.05) is 25.0 Å². The van der Waals surface area contributed by atoms with Crippen LogP contribution in [0.4, 0.5) is 0 Å². The molecule has 3 rings (SSSR count). The molecule has 0 bridgehead atoms. The molecule has 1 saturated carbocycles. The molecule has 1 aromatic rings. The summed E-state index contributed by atoms with van der Waals surface area (Å²) in [5.41, 5.74) is 1.06. The number of benzene rings is 1. The molecule has 1 aromatic carbocycles. The van der Waals surface area contributed by atoms with Crippen LogP contribution in [0.1, 0.15) is 44.2 Å². The minimum Gasteiger partial charge on any atom is -0.504 e. The Bertz CT molecular complexity index is 490. The number of para-hydroxylation sites is 1. The molecule has 0 radical (unpaired) electrons. The van der Waals surface area contributed by atoms with E-state index in [1.165, 1.54) is 25.7 Å². The van der Waals surface area contributed by atoms with Crippen molar-refractivity contribution in [1.29, 1.82) is 0 Å². The zero-order chi connectivity index (χ0) is 15.4. The van der Waals surface area contributed by atoms with Gasteiger partial charge in [0.25, 0.3) is 0 Å². The van der Waals surface area contributed by atoms with Gasteiger partial charge in [0.15, 0.2) is 11.5 Å². The molecule has 0 spiro atoms. The van der Waals surface area contributed by atoms with Crippen LogP contribution in [0.2, 0.25) is 0 Å². The summed E-state index contributed by atoms with van der Waals surface area (Å²) in [4.78, 5) is 2.55. The SMILES string of the molecule is CCOc1cccc([C@H](C2CCCC2)N2CCNCC2)c1O.Cl.Cl. The lowest BCUT2D eigenvalue weighted by Gasteiger charge is -2.39. The van der Waals surface area contributed by atoms with E-state index >= 15 is 0 Å². The maximum Gasteiger partial charge on any atom is 0.162 e. The van der Waals surface area contributed by atoms with Crippen molar-refractivity contribution in [3.8, 4) is 11.5 Å². The molecule has 1 aliphatic carbocycles. The zero-order valence-electron chi connectivity index (χ0n) is 14.4. The number of nitrogens with one attached hydrogen (secondary N) is 1. The van der Waals surface area contributed by atoms with Gasteiger partial charge in [-0.25, -0.2) is 0 Å². The van der Waals surface area contributed by atoms with Gasteiger partial charge in [0.05, 0.1) is 6.61 Å². The molecule has 1 aliphatic heterocycles. The molecule has 0 amide bonds. The topological polar surface area (TPSA) is 44.7 Å². The van der Waals surface area contributed by atoms with Crippen LogP contribution >= 0.6 is 24.8 Å². The van der Waals surface area contributed by atoms with Gasteiger partial charge in [-0.05, 0) is 31.7 Å². The van der Waals surface area contributed by atoms with E-state index in [4.69, 9.17) is 4.74 Å². The summed E-state index contributed by atoms with van der Waals surface area (Å²) in [6.07, 6.45) is 5.18. The van der Waals surface area contributed by atoms with Gasteiger partial charge in [-0.15, -0.1) is 24.8 Å². The predicted molar refractivity (Wildman–Crippen MR) is 103 cm³/mol. The number of hydrogen-bond donors (Lipinski definition) is 2. The summed E-state index contributed by atoms with van der Waals surface area (Å²) in [6.45, 7) is 6.72. The second kappa shape index (κ2) is 10.3. The molecule has 1 saturated heterocycles. The van der Waals surface area contributed by atoms with Crippen LogP contribution in [0.5, 0.6) is 11.5 Å². The van der Waals surface area contributed by atoms with E-state index in [2.05, 4.69) is 16.3 Å². The van der Waals surface area contributed by atoms with Crippen LogP contribution in [-0.4, -0.2) is 42.8 Å². The molecule has 24 heavy (non-hydrogen) atoms. The summed E-state index contributed by atoms with van der Waals surface area (Å²) in [5.74, 6) is 1.62. The van der Waals surface area contributed by atoms with Gasteiger partial charge >= 0.3 is 0 Å². The summed E-state index contributed by atoms with van der Waals surface area (Å²) in [7, 11) is 0. The first-order valence-corrected chi connectivity index (χ1v) is 8.70. The molecule has 2 fully saturated rings. The third-order valence-corrected chi connectivity index (χ3v) is 5.04. The molecule has 6 heteroatoms. The van der Waals surface area contributed by atoms with Crippen molar-refractivity contribution in [3.05, 3.63) is 23.8 Å². The zero-order valence-corrected chi connectivity index (χ0v) is 16.0. The highest BCUT2D eigenvalue weighted by molar-refractivity contribution is 5.85. The molecule has 1 atom stereocenters. The fourth-order valence-corrected chi connectivity index (χ4v) is 4.03. The van der Waals surface area contributed by atoms with Crippen molar-refractivity contribution >= 4 is 24.8 Å². The van der Waals surface area contributed by atoms with Crippen LogP contribution in [0.25, 0.3) is 0 Å². The Balaban J connectivity index is 0.00000144. The monoisotopic (exact) mass is 376 g/mol. The maximum atomic E-state index is 10.7. The Morgan fingerprint density at radius 1 is 1.21 bits per heavy atom. The number of phenols is 1. The lowest BCUT2D eigenvalue weighted by atomic mass is 9.89. The molecule has 1 heterocycles. The number of phenolic OH excluding ortho intramolecular Hbond substituents is 1. The van der Waals surface area contributed by atoms with Crippen molar-refractivity contribution in [2.75, 3.05) is 32.8 Å². The number of piperazine rings is 1. The number of aromatic hydroxyl groups is 1. The van der Waals surface area contributed by atoms with Crippen LogP contribution in [0.15, 0.2) is 18.2 Å². The molecule has 2 N–H and O–H groups in total. The first-order valence-electron chi connectivity index (χ1n) is 8.70. The Kier molecular flexibility index (Phi) is 9.21. The highest BCUT2D eigenvalue weighted by atomic mass is 35.5. The predicted octanol–water partition coefficient (Wildman–Crippen LogP) is 3.77. The van der Waals surface area contributed by atoms with E-state index in [0.717, 1.165) is 31.7 Å². The molecule has 2 aliphatic rings. The van der Waals surface area contributed by atoms with Crippen LogP contribution < -0.4 is 10.1 Å². The van der Waals surface area contributed by atoms with Gasteiger partial charge in [0, 0.05) is 37.8 Å². The summed E-state index contributed by atoms with van der Waals surface area (Å²) < 4.78 is 5.60. The average molecular weight is 377 g/mol. The Labute approximate surface area is 157 Å². The van der Waals surface area contributed by atoms with Crippen molar-refractivity contribution in [2.45, 2.75) is 38.6 Å². The molecule has 4 nitrogen and oxygen atoms in total. The van der Waals surface area contributed by atoms with Gasteiger partial charge in [-0.2, -0.15) is 0 Å². The van der Waals surface area contributed by atoms with Crippen LogP contribution in [-0.2, 0) is 0 Å². The van der Waals surface area contributed by atoms with Crippen LogP contribution in [0.3, 0.4) is 0 Å². The van der Waals surface area contributed by atoms with Crippen molar-refractivity contribution in [3.63, 3.8) is 0 Å². The second-order valence-corrected chi connectivity index (χ2v) is 6.40. The smallest absolute Gasteiger partial charge is 0.162 e. The Hall–Kier alpha value is -0.680. The fraction of sp³-hybridized carbons (Fsp3) is 0.667. The molecule has 138 valence electrons. The van der Waals surface area contributed by atoms with E-state index in [9.17, 15) is 5.11 Å². The maximum absolute atomic E-state index is 10.7. The van der Waals surface area contributed by atoms with E-state index < -0.39 is 0 Å². The van der Waals surface area contributed by atoms with Crippen LogP contribution in [0, 0.1) is 5.92 Å². The van der Waals surface area contributed by atoms with Crippen molar-refractivity contribution < 1.29 is 9.84 Å². The Morgan fingerprint density at radius 2 is 1.88 bits per heavy atom. The standard InChI is InChI=1S/C18H28N2O2.2ClH/c1-2-22-16-9-5-8-15(18(16)21)17(14-6-3-4-7-14)20-12-10-19-11-13-20;;/h5,8-9,14,17,19,21H,2-4,6-7,10-13H2,1H3;2*1H/t17-;;/m0../s1. The molecular weight excluding hydrogens is 347 g/mol. The van der Waals surface area contributed by atoms with E-state index in [1.54, 1.807) is 0 Å². The van der Waals surface area contributed by atoms with Gasteiger partial charge in [-0.3, -0.25) is 4.90 Å². The molecular formula is C18H30Cl2N2O2. The highest BCUT2D eigenvalue weighted by Gasteiger charge is 2.34. The largest absolute Gasteiger partial charge is 0.504 e. The third-order valence-electron chi connectivity index (χ3n) is 5.04. The minimum absolute atomic E-state index is 0. The minimum atomic E-state index is 0. The van der Waals surface area contributed by atoms with E-state index in [-0.39, 0.29) is 24.8 Å². The number of nitrogens with zero attached hydrogens (tertiary/aromatic N) is 1. The van der Waals surface area contributed by atoms with Crippen molar-refractivity contribution in [2.24, 2.45) is 5.92 Å². The molecule has 0 unspecified atom stereocenters. The quantitative estimate of drug-likeness (QED) is 0.820. The number of halogens is 2. The van der Waals surface area contributed by atoms with Crippen molar-refractivity contribution in [1.82, 2.24) is 10.2 Å². The van der Waals surface area contributed by atoms with Gasteiger partial charge in [0.2, 0.25) is 0 Å². The normalized spacial score (nSPS) is 20.0. The number of ether oxygens (including phenoxy) is 1. The summed E-state index contributed by atoms with van der Waals surface area (Å²) in [6, 6.07) is 6.30. The number of rotatable bonds is 5. The third kappa shape index (κ3) is 4.69. The second-order valence-electron chi connectivity index (χ2n) is 6.40. The molecule has 0 aromatic heterocycles. The fourth-order valence-electron chi connectivity index (χ4n) is 4.03.